The van der Waals surface area contributed by atoms with Gasteiger partial charge in [0, 0.05) is 42.3 Å². The molecule has 9 aromatic carbocycles. The van der Waals surface area contributed by atoms with Crippen molar-refractivity contribution in [3.05, 3.63) is 187 Å². The van der Waals surface area contributed by atoms with Gasteiger partial charge in [-0.05, 0) is 102 Å². The first-order chi connectivity index (χ1) is 28.5. The molecule has 0 fully saturated rings. The monoisotopic (exact) mass is 757 g/mol. The van der Waals surface area contributed by atoms with Crippen molar-refractivity contribution in [1.82, 2.24) is 15.0 Å². The van der Waals surface area contributed by atoms with Gasteiger partial charge in [-0.3, -0.25) is 0 Å². The van der Waals surface area contributed by atoms with Crippen molar-refractivity contribution in [3.63, 3.8) is 0 Å². The number of aromatic nitrogens is 3. The summed E-state index contributed by atoms with van der Waals surface area (Å²) in [6.07, 6.45) is 0. The summed E-state index contributed by atoms with van der Waals surface area (Å²) in [4.78, 5) is 15.5. The molecular weight excluding hydrogens is 723 g/mol. The summed E-state index contributed by atoms with van der Waals surface area (Å²) in [5, 5.41) is 9.94. The zero-order chi connectivity index (χ0) is 38.5. The second-order valence-electron chi connectivity index (χ2n) is 16.0. The molecule has 11 aromatic rings. The maximum Gasteiger partial charge on any atom is 0.164 e. The fourth-order valence-corrected chi connectivity index (χ4v) is 10.5. The fraction of sp³-hybridized carbons (Fsp3) is 0.0556. The van der Waals surface area contributed by atoms with Crippen LogP contribution >= 0.6 is 11.3 Å². The van der Waals surface area contributed by atoms with Gasteiger partial charge in [0.1, 0.15) is 0 Å². The van der Waals surface area contributed by atoms with Gasteiger partial charge >= 0.3 is 0 Å². The van der Waals surface area contributed by atoms with Gasteiger partial charge in [-0.1, -0.05) is 153 Å². The van der Waals surface area contributed by atoms with Crippen LogP contribution in [-0.2, 0) is 5.41 Å². The molecule has 0 spiro atoms. The number of rotatable bonds is 4. The predicted octanol–water partition coefficient (Wildman–Crippen LogP) is 14.7. The van der Waals surface area contributed by atoms with E-state index < -0.39 is 0 Å². The zero-order valence-corrected chi connectivity index (χ0v) is 32.8. The largest absolute Gasteiger partial charge is 0.208 e. The van der Waals surface area contributed by atoms with E-state index in [4.69, 9.17) is 15.0 Å². The summed E-state index contributed by atoms with van der Waals surface area (Å²) >= 11 is 1.86. The second kappa shape index (κ2) is 12.5. The number of nitrogens with zero attached hydrogens (tertiary/aromatic N) is 3. The van der Waals surface area contributed by atoms with Gasteiger partial charge in [0.15, 0.2) is 17.5 Å². The molecule has 2 aromatic heterocycles. The summed E-state index contributed by atoms with van der Waals surface area (Å²) in [6.45, 7) is 4.62. The third kappa shape index (κ3) is 5.02. The van der Waals surface area contributed by atoms with E-state index in [0.717, 1.165) is 16.7 Å². The van der Waals surface area contributed by atoms with Gasteiger partial charge in [0.2, 0.25) is 0 Å². The van der Waals surface area contributed by atoms with Crippen molar-refractivity contribution in [1.29, 1.82) is 0 Å². The van der Waals surface area contributed by atoms with Crippen LogP contribution in [0.5, 0.6) is 0 Å². The average molecular weight is 758 g/mol. The van der Waals surface area contributed by atoms with Crippen molar-refractivity contribution < 1.29 is 0 Å². The van der Waals surface area contributed by atoms with Crippen molar-refractivity contribution in [3.8, 4) is 56.4 Å². The second-order valence-corrected chi connectivity index (χ2v) is 17.1. The maximum atomic E-state index is 5.25. The first kappa shape index (κ1) is 33.2. The van der Waals surface area contributed by atoms with E-state index in [-0.39, 0.29) is 5.41 Å². The zero-order valence-electron chi connectivity index (χ0n) is 32.0. The Labute approximate surface area is 340 Å². The molecule has 0 saturated carbocycles. The smallest absolute Gasteiger partial charge is 0.164 e. The number of thiophene rings is 1. The highest BCUT2D eigenvalue weighted by atomic mass is 32.1. The van der Waals surface area contributed by atoms with Crippen LogP contribution in [0.15, 0.2) is 176 Å². The van der Waals surface area contributed by atoms with Crippen LogP contribution < -0.4 is 0 Å². The summed E-state index contributed by atoms with van der Waals surface area (Å²) in [7, 11) is 0. The fourth-order valence-electron chi connectivity index (χ4n) is 9.37. The molecule has 0 amide bonds. The Kier molecular flexibility index (Phi) is 7.14. The minimum absolute atomic E-state index is 0.132. The molecule has 0 bridgehead atoms. The standard InChI is InChI=1S/C54H35N3S/c1-54(2)47-18-10-8-16-41(47)42-26-22-36(31-48(42)54)53-56-51(32-12-4-3-5-13-32)55-52(57-53)35-21-25-40-44-28-33(20-24-39(44)37-14-6-7-15-38(37)45(40)30-35)34-23-27-50-46(29-34)43-17-9-11-19-49(43)58-50/h3-31H,1-2H3. The highest BCUT2D eigenvalue weighted by Gasteiger charge is 2.35. The Morgan fingerprint density at radius 2 is 0.810 bits per heavy atom. The topological polar surface area (TPSA) is 38.7 Å². The quantitative estimate of drug-likeness (QED) is 0.168. The SMILES string of the molecule is CC1(C)c2ccccc2-c2ccc(-c3nc(-c4ccccc4)nc(-c4ccc5c6cc(-c7ccc8sc9ccccc9c8c7)ccc6c6ccccc6c5c4)n3)cc21. The van der Waals surface area contributed by atoms with Crippen LogP contribution in [0.4, 0.5) is 0 Å². The van der Waals surface area contributed by atoms with E-state index in [1.54, 1.807) is 0 Å². The van der Waals surface area contributed by atoms with Gasteiger partial charge in [-0.25, -0.2) is 15.0 Å². The molecule has 1 aliphatic rings. The molecule has 2 heterocycles. The lowest BCUT2D eigenvalue weighted by Gasteiger charge is -2.21. The van der Waals surface area contributed by atoms with Crippen molar-refractivity contribution in [2.45, 2.75) is 19.3 Å². The summed E-state index contributed by atoms with van der Waals surface area (Å²) in [5.41, 5.74) is 10.4. The molecule has 0 radical (unpaired) electrons. The Balaban J connectivity index is 1.04. The lowest BCUT2D eigenvalue weighted by atomic mass is 9.82. The van der Waals surface area contributed by atoms with Gasteiger partial charge in [0.05, 0.1) is 0 Å². The molecular formula is C54H35N3S. The molecule has 0 atom stereocenters. The van der Waals surface area contributed by atoms with Crippen LogP contribution in [0.1, 0.15) is 25.0 Å². The summed E-state index contributed by atoms with van der Waals surface area (Å²) in [6, 6.07) is 63.8. The molecule has 0 unspecified atom stereocenters. The average Bonchev–Trinajstić information content (AvgIpc) is 3.77. The molecule has 3 nitrogen and oxygen atoms in total. The minimum atomic E-state index is -0.132. The number of hydrogen-bond acceptors (Lipinski definition) is 4. The Morgan fingerprint density at radius 1 is 0.328 bits per heavy atom. The third-order valence-corrected chi connectivity index (χ3v) is 13.5. The lowest BCUT2D eigenvalue weighted by molar-refractivity contribution is 0.660. The molecule has 0 aliphatic heterocycles. The molecule has 0 N–H and O–H groups in total. The van der Waals surface area contributed by atoms with E-state index in [9.17, 15) is 0 Å². The molecule has 272 valence electrons. The first-order valence-corrected chi connectivity index (χ1v) is 20.7. The summed E-state index contributed by atoms with van der Waals surface area (Å²) in [5.74, 6) is 1.98. The summed E-state index contributed by atoms with van der Waals surface area (Å²) < 4.78 is 2.64. The van der Waals surface area contributed by atoms with E-state index in [1.807, 2.05) is 29.5 Å². The van der Waals surface area contributed by atoms with E-state index in [1.165, 1.54) is 85.9 Å². The van der Waals surface area contributed by atoms with Crippen molar-refractivity contribution in [2.24, 2.45) is 0 Å². The van der Waals surface area contributed by atoms with Crippen molar-refractivity contribution >= 4 is 63.8 Å². The Bertz CT molecular complexity index is 3490. The maximum absolute atomic E-state index is 5.25. The van der Waals surface area contributed by atoms with Gasteiger partial charge < -0.3 is 0 Å². The van der Waals surface area contributed by atoms with E-state index in [2.05, 4.69) is 172 Å². The van der Waals surface area contributed by atoms with Crippen LogP contribution in [0.2, 0.25) is 0 Å². The number of fused-ring (bicyclic) bond motifs is 12. The van der Waals surface area contributed by atoms with Gasteiger partial charge in [-0.2, -0.15) is 0 Å². The highest BCUT2D eigenvalue weighted by molar-refractivity contribution is 7.25. The Morgan fingerprint density at radius 3 is 1.59 bits per heavy atom. The molecule has 4 heteroatoms. The molecule has 0 saturated heterocycles. The van der Waals surface area contributed by atoms with Crippen molar-refractivity contribution in [2.75, 3.05) is 0 Å². The van der Waals surface area contributed by atoms with Gasteiger partial charge in [0.25, 0.3) is 0 Å². The first-order valence-electron chi connectivity index (χ1n) is 19.8. The normalized spacial score (nSPS) is 13.1. The number of hydrogen-bond donors (Lipinski definition) is 0. The van der Waals surface area contributed by atoms with Crippen LogP contribution in [-0.4, -0.2) is 15.0 Å². The Hall–Kier alpha value is -7.01. The van der Waals surface area contributed by atoms with Crippen LogP contribution in [0.25, 0.3) is 109 Å². The van der Waals surface area contributed by atoms with Crippen LogP contribution in [0, 0.1) is 0 Å². The lowest BCUT2D eigenvalue weighted by Crippen LogP contribution is -2.15. The predicted molar refractivity (Wildman–Crippen MR) is 245 cm³/mol. The molecule has 1 aliphatic carbocycles. The molecule has 58 heavy (non-hydrogen) atoms. The molecule has 12 rings (SSSR count). The van der Waals surface area contributed by atoms with Gasteiger partial charge in [-0.15, -0.1) is 11.3 Å². The minimum Gasteiger partial charge on any atom is -0.208 e. The van der Waals surface area contributed by atoms with E-state index in [0.29, 0.717) is 17.5 Å². The van der Waals surface area contributed by atoms with Crippen LogP contribution in [0.3, 0.4) is 0 Å². The number of benzene rings is 9. The highest BCUT2D eigenvalue weighted by Crippen LogP contribution is 2.49. The van der Waals surface area contributed by atoms with E-state index >= 15 is 0 Å². The third-order valence-electron chi connectivity index (χ3n) is 12.3.